The summed E-state index contributed by atoms with van der Waals surface area (Å²) in [6, 6.07) is 16.9. The third kappa shape index (κ3) is 3.87. The molecular weight excluding hydrogens is 378 g/mol. The number of hydrogen-bond donors (Lipinski definition) is 2. The molecule has 30 heavy (non-hydrogen) atoms. The van der Waals surface area contributed by atoms with Gasteiger partial charge >= 0.3 is 0 Å². The number of piperidine rings is 1. The Balaban J connectivity index is 1.62. The zero-order chi connectivity index (χ0) is 21.0. The number of likely N-dealkylation sites (tertiary alicyclic amines) is 1. The van der Waals surface area contributed by atoms with E-state index < -0.39 is 5.54 Å². The van der Waals surface area contributed by atoms with E-state index >= 15 is 0 Å². The van der Waals surface area contributed by atoms with Crippen LogP contribution in [0.2, 0.25) is 0 Å². The number of nitrogens with zero attached hydrogens (tertiary/aromatic N) is 3. The molecule has 0 radical (unpaired) electrons. The number of benzene rings is 2. The summed E-state index contributed by atoms with van der Waals surface area (Å²) in [6.45, 7) is 2.29. The first-order chi connectivity index (χ1) is 14.6. The number of para-hydroxylation sites is 2. The Hall–Kier alpha value is -3.37. The van der Waals surface area contributed by atoms with E-state index in [0.717, 1.165) is 30.1 Å². The first kappa shape index (κ1) is 19.9. The molecule has 0 unspecified atom stereocenters. The number of nitriles is 1. The SMILES string of the molecule is COCCN=C1Nc2ccccc2N[C@]12CCCN(C(=O)c1ccc(C#N)cc1)C2. The van der Waals surface area contributed by atoms with Crippen LogP contribution in [-0.4, -0.2) is 55.5 Å². The van der Waals surface area contributed by atoms with E-state index in [1.165, 1.54) is 0 Å². The number of amides is 1. The fourth-order valence-electron chi connectivity index (χ4n) is 4.10. The molecule has 0 saturated carbocycles. The lowest BCUT2D eigenvalue weighted by Crippen LogP contribution is -2.62. The van der Waals surface area contributed by atoms with Crippen LogP contribution in [0, 0.1) is 11.3 Å². The van der Waals surface area contributed by atoms with Crippen LogP contribution in [-0.2, 0) is 4.74 Å². The maximum absolute atomic E-state index is 13.2. The maximum Gasteiger partial charge on any atom is 0.253 e. The highest BCUT2D eigenvalue weighted by molar-refractivity contribution is 6.10. The van der Waals surface area contributed by atoms with Gasteiger partial charge in [0.1, 0.15) is 11.4 Å². The van der Waals surface area contributed by atoms with Gasteiger partial charge in [-0.1, -0.05) is 12.1 Å². The fraction of sp³-hybridized carbons (Fsp3) is 0.348. The normalized spacial score (nSPS) is 21.5. The molecule has 4 rings (SSSR count). The van der Waals surface area contributed by atoms with Gasteiger partial charge in [-0.05, 0) is 49.2 Å². The number of carbonyl (C=O) groups excluding carboxylic acids is 1. The zero-order valence-corrected chi connectivity index (χ0v) is 17.0. The number of nitrogens with one attached hydrogen (secondary N) is 2. The lowest BCUT2D eigenvalue weighted by Gasteiger charge is -2.47. The Morgan fingerprint density at radius 1 is 1.23 bits per heavy atom. The van der Waals surface area contributed by atoms with Gasteiger partial charge in [0.15, 0.2) is 0 Å². The number of carbonyl (C=O) groups is 1. The lowest BCUT2D eigenvalue weighted by atomic mass is 9.84. The number of aliphatic imine (C=N–C) groups is 1. The standard InChI is InChI=1S/C23H25N5O2/c1-30-14-12-25-22-23(27-20-6-3-2-5-19(20)26-22)11-4-13-28(16-23)21(29)18-9-7-17(15-24)8-10-18/h2-3,5-10,27H,4,11-14,16H2,1H3,(H,25,26)/t23-/m0/s1. The average Bonchev–Trinajstić information content (AvgIpc) is 2.79. The highest BCUT2D eigenvalue weighted by Crippen LogP contribution is 2.36. The van der Waals surface area contributed by atoms with Crippen molar-refractivity contribution in [2.45, 2.75) is 18.4 Å². The number of rotatable bonds is 4. The Morgan fingerprint density at radius 3 is 2.73 bits per heavy atom. The van der Waals surface area contributed by atoms with Gasteiger partial charge in [-0.3, -0.25) is 9.79 Å². The van der Waals surface area contributed by atoms with Gasteiger partial charge in [-0.2, -0.15) is 5.26 Å². The van der Waals surface area contributed by atoms with Crippen molar-refractivity contribution in [1.29, 1.82) is 5.26 Å². The third-order valence-corrected chi connectivity index (χ3v) is 5.61. The summed E-state index contributed by atoms with van der Waals surface area (Å²) in [5.74, 6) is 0.811. The van der Waals surface area contributed by atoms with Crippen molar-refractivity contribution < 1.29 is 9.53 Å². The van der Waals surface area contributed by atoms with Crippen LogP contribution in [0.4, 0.5) is 11.4 Å². The number of anilines is 2. The highest BCUT2D eigenvalue weighted by atomic mass is 16.5. The molecule has 2 aliphatic heterocycles. The molecule has 7 heteroatoms. The van der Waals surface area contributed by atoms with Crippen molar-refractivity contribution in [2.24, 2.45) is 4.99 Å². The van der Waals surface area contributed by atoms with Gasteiger partial charge in [0.25, 0.3) is 5.91 Å². The molecule has 0 aromatic heterocycles. The minimum Gasteiger partial charge on any atom is -0.383 e. The Labute approximate surface area is 176 Å². The van der Waals surface area contributed by atoms with E-state index in [0.29, 0.717) is 37.4 Å². The van der Waals surface area contributed by atoms with Crippen molar-refractivity contribution in [3.8, 4) is 6.07 Å². The van der Waals surface area contributed by atoms with Crippen LogP contribution in [0.1, 0.15) is 28.8 Å². The molecule has 2 aliphatic rings. The summed E-state index contributed by atoms with van der Waals surface area (Å²) < 4.78 is 5.17. The van der Waals surface area contributed by atoms with Crippen molar-refractivity contribution in [1.82, 2.24) is 4.90 Å². The molecule has 1 fully saturated rings. The molecule has 2 heterocycles. The molecule has 7 nitrogen and oxygen atoms in total. The largest absolute Gasteiger partial charge is 0.383 e. The molecule has 154 valence electrons. The van der Waals surface area contributed by atoms with Crippen molar-refractivity contribution in [3.63, 3.8) is 0 Å². The Kier molecular flexibility index (Phi) is 5.68. The van der Waals surface area contributed by atoms with E-state index in [9.17, 15) is 4.79 Å². The second-order valence-electron chi connectivity index (χ2n) is 7.62. The van der Waals surface area contributed by atoms with E-state index in [1.807, 2.05) is 29.2 Å². The molecule has 1 atom stereocenters. The van der Waals surface area contributed by atoms with Crippen molar-refractivity contribution in [2.75, 3.05) is 44.0 Å². The first-order valence-electron chi connectivity index (χ1n) is 10.1. The molecule has 1 saturated heterocycles. The van der Waals surface area contributed by atoms with Crippen LogP contribution < -0.4 is 10.6 Å². The van der Waals surface area contributed by atoms with E-state index in [1.54, 1.807) is 31.4 Å². The molecular formula is C23H25N5O2. The van der Waals surface area contributed by atoms with Crippen LogP contribution in [0.3, 0.4) is 0 Å². The van der Waals surface area contributed by atoms with Crippen LogP contribution in [0.15, 0.2) is 53.5 Å². The zero-order valence-electron chi connectivity index (χ0n) is 17.0. The van der Waals surface area contributed by atoms with E-state index in [4.69, 9.17) is 15.0 Å². The Bertz CT molecular complexity index is 995. The van der Waals surface area contributed by atoms with Crippen molar-refractivity contribution >= 4 is 23.1 Å². The van der Waals surface area contributed by atoms with E-state index in [-0.39, 0.29) is 5.91 Å². The van der Waals surface area contributed by atoms with Gasteiger partial charge in [-0.25, -0.2) is 0 Å². The predicted octanol–water partition coefficient (Wildman–Crippen LogP) is 3.12. The molecule has 2 aromatic rings. The number of amidine groups is 1. The molecule has 0 aliphatic carbocycles. The highest BCUT2D eigenvalue weighted by Gasteiger charge is 2.44. The first-order valence-corrected chi connectivity index (χ1v) is 10.1. The summed E-state index contributed by atoms with van der Waals surface area (Å²) in [5, 5.41) is 16.2. The summed E-state index contributed by atoms with van der Waals surface area (Å²) in [6.07, 6.45) is 1.74. The van der Waals surface area contributed by atoms with Crippen LogP contribution >= 0.6 is 0 Å². The smallest absolute Gasteiger partial charge is 0.253 e. The van der Waals surface area contributed by atoms with Gasteiger partial charge < -0.3 is 20.3 Å². The molecule has 1 amide bonds. The number of methoxy groups -OCH3 is 1. The molecule has 1 spiro atoms. The Morgan fingerprint density at radius 2 is 2.00 bits per heavy atom. The minimum absolute atomic E-state index is 0.0320. The van der Waals surface area contributed by atoms with Gasteiger partial charge in [0.2, 0.25) is 0 Å². The summed E-state index contributed by atoms with van der Waals surface area (Å²) in [7, 11) is 1.66. The van der Waals surface area contributed by atoms with Crippen LogP contribution in [0.5, 0.6) is 0 Å². The summed E-state index contributed by atoms with van der Waals surface area (Å²) >= 11 is 0. The summed E-state index contributed by atoms with van der Waals surface area (Å²) in [4.78, 5) is 19.8. The monoisotopic (exact) mass is 403 g/mol. The molecule has 2 N–H and O–H groups in total. The third-order valence-electron chi connectivity index (χ3n) is 5.61. The molecule has 2 aromatic carbocycles. The average molecular weight is 403 g/mol. The predicted molar refractivity (Wildman–Crippen MR) is 117 cm³/mol. The fourth-order valence-corrected chi connectivity index (χ4v) is 4.10. The second-order valence-corrected chi connectivity index (χ2v) is 7.62. The molecule has 0 bridgehead atoms. The lowest BCUT2D eigenvalue weighted by molar-refractivity contribution is 0.0694. The number of fused-ring (bicyclic) bond motifs is 1. The van der Waals surface area contributed by atoms with Crippen LogP contribution in [0.25, 0.3) is 0 Å². The second kappa shape index (κ2) is 8.56. The maximum atomic E-state index is 13.2. The van der Waals surface area contributed by atoms with E-state index in [2.05, 4.69) is 16.7 Å². The van der Waals surface area contributed by atoms with Crippen molar-refractivity contribution in [3.05, 3.63) is 59.7 Å². The minimum atomic E-state index is -0.470. The quantitative estimate of drug-likeness (QED) is 0.766. The van der Waals surface area contributed by atoms with Gasteiger partial charge in [-0.15, -0.1) is 0 Å². The number of ether oxygens (including phenoxy) is 1. The topological polar surface area (TPSA) is 89.8 Å². The number of hydrogen-bond acceptors (Lipinski definition) is 5. The van der Waals surface area contributed by atoms with Gasteiger partial charge in [0, 0.05) is 19.2 Å². The summed E-state index contributed by atoms with van der Waals surface area (Å²) in [5.41, 5.74) is 2.66. The van der Waals surface area contributed by atoms with Gasteiger partial charge in [0.05, 0.1) is 42.7 Å².